The van der Waals surface area contributed by atoms with Gasteiger partial charge in [0.1, 0.15) is 5.82 Å². The maximum atomic E-state index is 13.5. The zero-order chi connectivity index (χ0) is 11.4. The largest absolute Gasteiger partial charge is 0.347 e. The Balaban J connectivity index is 2.82. The second-order valence-corrected chi connectivity index (χ2v) is 4.26. The summed E-state index contributed by atoms with van der Waals surface area (Å²) in [6.45, 7) is 5.47. The van der Waals surface area contributed by atoms with Gasteiger partial charge in [0.15, 0.2) is 0 Å². The molecule has 1 aromatic rings. The van der Waals surface area contributed by atoms with Crippen molar-refractivity contribution in [2.45, 2.75) is 6.92 Å². The standard InChI is InChI=1S/C11H11BrFNO/c1-7-4-3-5-9(10(7)13)11(15)14-6-8(2)12/h3-5H,2,6H2,1H3,(H,14,15). The van der Waals surface area contributed by atoms with Crippen molar-refractivity contribution in [1.29, 1.82) is 0 Å². The van der Waals surface area contributed by atoms with Crippen LogP contribution in [0.15, 0.2) is 29.3 Å². The van der Waals surface area contributed by atoms with Crippen molar-refractivity contribution < 1.29 is 9.18 Å². The van der Waals surface area contributed by atoms with Crippen LogP contribution in [0.1, 0.15) is 15.9 Å². The zero-order valence-electron chi connectivity index (χ0n) is 8.31. The number of hydrogen-bond acceptors (Lipinski definition) is 1. The van der Waals surface area contributed by atoms with E-state index < -0.39 is 11.7 Å². The summed E-state index contributed by atoms with van der Waals surface area (Å²) in [4.78, 5) is 11.5. The Labute approximate surface area is 96.3 Å². The second kappa shape index (κ2) is 5.07. The molecule has 1 aromatic carbocycles. The molecule has 0 radical (unpaired) electrons. The van der Waals surface area contributed by atoms with E-state index in [4.69, 9.17) is 0 Å². The van der Waals surface area contributed by atoms with Crippen LogP contribution in [0.25, 0.3) is 0 Å². The number of carbonyl (C=O) groups excluding carboxylic acids is 1. The molecular weight excluding hydrogens is 261 g/mol. The molecule has 0 aromatic heterocycles. The highest BCUT2D eigenvalue weighted by Gasteiger charge is 2.12. The van der Waals surface area contributed by atoms with Crippen LogP contribution in [0.3, 0.4) is 0 Å². The molecule has 0 aliphatic rings. The Morgan fingerprint density at radius 1 is 1.60 bits per heavy atom. The van der Waals surface area contributed by atoms with Gasteiger partial charge in [0.05, 0.1) is 5.56 Å². The van der Waals surface area contributed by atoms with Gasteiger partial charge in [-0.25, -0.2) is 4.39 Å². The van der Waals surface area contributed by atoms with E-state index in [2.05, 4.69) is 27.8 Å². The lowest BCUT2D eigenvalue weighted by atomic mass is 10.1. The van der Waals surface area contributed by atoms with E-state index in [-0.39, 0.29) is 12.1 Å². The SMILES string of the molecule is C=C(Br)CNC(=O)c1cccc(C)c1F. The quantitative estimate of drug-likeness (QED) is 0.900. The molecule has 0 unspecified atom stereocenters. The predicted molar refractivity (Wildman–Crippen MR) is 61.5 cm³/mol. The zero-order valence-corrected chi connectivity index (χ0v) is 9.90. The first-order chi connectivity index (χ1) is 7.02. The summed E-state index contributed by atoms with van der Waals surface area (Å²) in [5.74, 6) is -0.910. The van der Waals surface area contributed by atoms with Crippen LogP contribution in [-0.4, -0.2) is 12.5 Å². The van der Waals surface area contributed by atoms with Crippen LogP contribution in [-0.2, 0) is 0 Å². The summed E-state index contributed by atoms with van der Waals surface area (Å²) in [6, 6.07) is 4.72. The molecule has 0 spiro atoms. The molecule has 15 heavy (non-hydrogen) atoms. The summed E-state index contributed by atoms with van der Waals surface area (Å²) in [6.07, 6.45) is 0. The maximum Gasteiger partial charge on any atom is 0.254 e. The molecule has 2 nitrogen and oxygen atoms in total. The smallest absolute Gasteiger partial charge is 0.254 e. The molecule has 0 atom stereocenters. The fraction of sp³-hybridized carbons (Fsp3) is 0.182. The minimum absolute atomic E-state index is 0.0590. The van der Waals surface area contributed by atoms with Crippen LogP contribution in [0.4, 0.5) is 4.39 Å². The molecule has 0 aliphatic heterocycles. The van der Waals surface area contributed by atoms with E-state index in [9.17, 15) is 9.18 Å². The van der Waals surface area contributed by atoms with Crippen LogP contribution in [0, 0.1) is 12.7 Å². The molecular formula is C11H11BrFNO. The average molecular weight is 272 g/mol. The monoisotopic (exact) mass is 271 g/mol. The molecule has 0 bridgehead atoms. The van der Waals surface area contributed by atoms with E-state index in [1.54, 1.807) is 19.1 Å². The molecule has 0 saturated heterocycles. The van der Waals surface area contributed by atoms with Crippen molar-refractivity contribution in [3.05, 3.63) is 46.2 Å². The lowest BCUT2D eigenvalue weighted by Crippen LogP contribution is -2.25. The molecule has 4 heteroatoms. The van der Waals surface area contributed by atoms with E-state index in [0.717, 1.165) is 0 Å². The number of carbonyl (C=O) groups is 1. The summed E-state index contributed by atoms with van der Waals surface area (Å²) in [5, 5.41) is 2.54. The second-order valence-electron chi connectivity index (χ2n) is 3.14. The number of benzene rings is 1. The first-order valence-corrected chi connectivity index (χ1v) is 5.18. The molecule has 0 saturated carbocycles. The van der Waals surface area contributed by atoms with Gasteiger partial charge in [0, 0.05) is 11.0 Å². The van der Waals surface area contributed by atoms with Gasteiger partial charge in [-0.15, -0.1) is 0 Å². The fourth-order valence-corrected chi connectivity index (χ4v) is 1.23. The van der Waals surface area contributed by atoms with Crippen molar-refractivity contribution in [3.63, 3.8) is 0 Å². The summed E-state index contributed by atoms with van der Waals surface area (Å²) < 4.78 is 14.1. The summed E-state index contributed by atoms with van der Waals surface area (Å²) >= 11 is 3.11. The van der Waals surface area contributed by atoms with Crippen molar-refractivity contribution in [3.8, 4) is 0 Å². The van der Waals surface area contributed by atoms with Gasteiger partial charge in [0.25, 0.3) is 5.91 Å². The number of rotatable bonds is 3. The van der Waals surface area contributed by atoms with Crippen molar-refractivity contribution in [2.24, 2.45) is 0 Å². The number of aryl methyl sites for hydroxylation is 1. The fourth-order valence-electron chi connectivity index (χ4n) is 1.09. The third kappa shape index (κ3) is 3.16. The van der Waals surface area contributed by atoms with Gasteiger partial charge in [-0.3, -0.25) is 4.79 Å². The third-order valence-electron chi connectivity index (χ3n) is 1.88. The van der Waals surface area contributed by atoms with Crippen LogP contribution in [0.5, 0.6) is 0 Å². The van der Waals surface area contributed by atoms with Gasteiger partial charge < -0.3 is 5.32 Å². The lowest BCUT2D eigenvalue weighted by molar-refractivity contribution is 0.0953. The van der Waals surface area contributed by atoms with Gasteiger partial charge in [-0.2, -0.15) is 0 Å². The van der Waals surface area contributed by atoms with Crippen LogP contribution >= 0.6 is 15.9 Å². The lowest BCUT2D eigenvalue weighted by Gasteiger charge is -2.06. The highest BCUT2D eigenvalue weighted by atomic mass is 79.9. The molecule has 1 N–H and O–H groups in total. The highest BCUT2D eigenvalue weighted by Crippen LogP contribution is 2.11. The molecule has 80 valence electrons. The average Bonchev–Trinajstić information content (AvgIpc) is 2.18. The first-order valence-electron chi connectivity index (χ1n) is 4.39. The number of amides is 1. The van der Waals surface area contributed by atoms with E-state index in [1.165, 1.54) is 6.07 Å². The van der Waals surface area contributed by atoms with Crippen LogP contribution < -0.4 is 5.32 Å². The van der Waals surface area contributed by atoms with Crippen molar-refractivity contribution >= 4 is 21.8 Å². The first kappa shape index (κ1) is 11.9. The third-order valence-corrected chi connectivity index (χ3v) is 2.16. The molecule has 0 heterocycles. The Bertz CT molecular complexity index is 404. The summed E-state index contributed by atoms with van der Waals surface area (Å²) in [7, 11) is 0. The number of halogens is 2. The van der Waals surface area contributed by atoms with Gasteiger partial charge >= 0.3 is 0 Å². The van der Waals surface area contributed by atoms with E-state index in [1.807, 2.05) is 0 Å². The normalized spacial score (nSPS) is 9.80. The van der Waals surface area contributed by atoms with Crippen LogP contribution in [0.2, 0.25) is 0 Å². The van der Waals surface area contributed by atoms with E-state index in [0.29, 0.717) is 10.0 Å². The minimum Gasteiger partial charge on any atom is -0.347 e. The Morgan fingerprint density at radius 2 is 2.27 bits per heavy atom. The number of hydrogen-bond donors (Lipinski definition) is 1. The molecule has 0 fully saturated rings. The topological polar surface area (TPSA) is 29.1 Å². The molecule has 0 aliphatic carbocycles. The number of nitrogens with one attached hydrogen (secondary N) is 1. The van der Waals surface area contributed by atoms with E-state index >= 15 is 0 Å². The molecule has 1 amide bonds. The Morgan fingerprint density at radius 3 is 2.87 bits per heavy atom. The highest BCUT2D eigenvalue weighted by molar-refractivity contribution is 9.11. The van der Waals surface area contributed by atoms with Crippen molar-refractivity contribution in [1.82, 2.24) is 5.32 Å². The Hall–Kier alpha value is -1.16. The predicted octanol–water partition coefficient (Wildman–Crippen LogP) is 2.77. The van der Waals surface area contributed by atoms with Gasteiger partial charge in [-0.05, 0) is 18.6 Å². The van der Waals surface area contributed by atoms with Gasteiger partial charge in [0.2, 0.25) is 0 Å². The summed E-state index contributed by atoms with van der Waals surface area (Å²) in [5.41, 5.74) is 0.518. The van der Waals surface area contributed by atoms with Crippen molar-refractivity contribution in [2.75, 3.05) is 6.54 Å². The maximum absolute atomic E-state index is 13.5. The Kier molecular flexibility index (Phi) is 4.03. The molecule has 1 rings (SSSR count). The van der Waals surface area contributed by atoms with Gasteiger partial charge in [-0.1, -0.05) is 34.6 Å². The minimum atomic E-state index is -0.477.